The van der Waals surface area contributed by atoms with E-state index in [-0.39, 0.29) is 23.8 Å². The van der Waals surface area contributed by atoms with Crippen LogP contribution in [-0.4, -0.2) is 17.3 Å². The average Bonchev–Trinajstić information content (AvgIpc) is 2.30. The number of hydrogen-bond acceptors (Lipinski definition) is 3. The van der Waals surface area contributed by atoms with Crippen molar-refractivity contribution in [3.05, 3.63) is 36.5 Å². The lowest BCUT2D eigenvalue weighted by Gasteiger charge is -2.50. The van der Waals surface area contributed by atoms with Crippen molar-refractivity contribution in [3.8, 4) is 0 Å². The summed E-state index contributed by atoms with van der Waals surface area (Å²) >= 11 is 0. The number of carbonyl (C=O) groups is 3. The van der Waals surface area contributed by atoms with Crippen LogP contribution in [0, 0.1) is 10.8 Å². The van der Waals surface area contributed by atoms with E-state index < -0.39 is 10.8 Å². The van der Waals surface area contributed by atoms with Gasteiger partial charge in [0.15, 0.2) is 17.3 Å². The van der Waals surface area contributed by atoms with Crippen LogP contribution in [-0.2, 0) is 14.4 Å². The van der Waals surface area contributed by atoms with Gasteiger partial charge >= 0.3 is 0 Å². The van der Waals surface area contributed by atoms with Gasteiger partial charge in [0.25, 0.3) is 0 Å². The molecule has 0 radical (unpaired) electrons. The minimum atomic E-state index is -0.848. The smallest absolute Gasteiger partial charge is 0.166 e. The summed E-state index contributed by atoms with van der Waals surface area (Å²) in [5.41, 5.74) is -1.65. The van der Waals surface area contributed by atoms with E-state index in [0.717, 1.165) is 0 Å². The Kier molecular flexibility index (Phi) is 1.91. The van der Waals surface area contributed by atoms with Crippen molar-refractivity contribution in [3.63, 3.8) is 0 Å². The molecular formula is C14H12O3. The molecule has 0 heterocycles. The maximum Gasteiger partial charge on any atom is 0.166 e. The van der Waals surface area contributed by atoms with Gasteiger partial charge in [0.1, 0.15) is 0 Å². The van der Waals surface area contributed by atoms with Gasteiger partial charge in [-0.15, -0.1) is 0 Å². The summed E-state index contributed by atoms with van der Waals surface area (Å²) in [5, 5.41) is 0. The maximum absolute atomic E-state index is 12.2. The first-order valence-electron chi connectivity index (χ1n) is 5.75. The summed E-state index contributed by atoms with van der Waals surface area (Å²) in [7, 11) is 0. The molecule has 0 spiro atoms. The Morgan fingerprint density at radius 2 is 1.59 bits per heavy atom. The fraction of sp³-hybridized carbons (Fsp3) is 0.357. The van der Waals surface area contributed by atoms with Crippen LogP contribution in [0.15, 0.2) is 36.5 Å². The van der Waals surface area contributed by atoms with Crippen LogP contribution in [0.3, 0.4) is 0 Å². The van der Waals surface area contributed by atoms with E-state index in [4.69, 9.17) is 0 Å². The lowest BCUT2D eigenvalue weighted by Crippen LogP contribution is -2.56. The third-order valence-electron chi connectivity index (χ3n) is 4.24. The lowest BCUT2D eigenvalue weighted by atomic mass is 9.49. The first kappa shape index (κ1) is 10.4. The summed E-state index contributed by atoms with van der Waals surface area (Å²) in [4.78, 5) is 36.0. The van der Waals surface area contributed by atoms with Gasteiger partial charge in [-0.05, 0) is 31.1 Å². The van der Waals surface area contributed by atoms with Gasteiger partial charge in [-0.2, -0.15) is 0 Å². The fourth-order valence-electron chi connectivity index (χ4n) is 3.28. The van der Waals surface area contributed by atoms with Crippen LogP contribution in [0.2, 0.25) is 0 Å². The van der Waals surface area contributed by atoms with Crippen LogP contribution in [0.25, 0.3) is 0 Å². The third kappa shape index (κ3) is 1.09. The standard InChI is InChI=1S/C14H12O3/c15-10-5-8-13-6-1-4-12(17)14(13,9-10)7-2-3-11(13)16/h1-5,8H,6-7,9H2/t13-,14+/m0/s1. The van der Waals surface area contributed by atoms with E-state index >= 15 is 0 Å². The molecule has 0 N–H and O–H groups in total. The van der Waals surface area contributed by atoms with Gasteiger partial charge in [0, 0.05) is 6.42 Å². The zero-order valence-corrected chi connectivity index (χ0v) is 9.31. The van der Waals surface area contributed by atoms with E-state index in [2.05, 4.69) is 0 Å². The molecular weight excluding hydrogens is 216 g/mol. The van der Waals surface area contributed by atoms with E-state index in [9.17, 15) is 14.4 Å². The molecule has 0 saturated carbocycles. The lowest BCUT2D eigenvalue weighted by molar-refractivity contribution is -0.146. The van der Waals surface area contributed by atoms with Gasteiger partial charge in [0.05, 0.1) is 10.8 Å². The van der Waals surface area contributed by atoms with Gasteiger partial charge in [-0.1, -0.05) is 18.2 Å². The van der Waals surface area contributed by atoms with Crippen LogP contribution in [0.5, 0.6) is 0 Å². The zero-order valence-electron chi connectivity index (χ0n) is 9.31. The molecule has 3 aliphatic carbocycles. The summed E-state index contributed by atoms with van der Waals surface area (Å²) in [6.45, 7) is 0. The van der Waals surface area contributed by atoms with Crippen LogP contribution in [0.4, 0.5) is 0 Å². The summed E-state index contributed by atoms with van der Waals surface area (Å²) < 4.78 is 0. The molecule has 0 saturated heterocycles. The zero-order chi connectivity index (χ0) is 12.1. The largest absolute Gasteiger partial charge is 0.295 e. The predicted molar refractivity (Wildman–Crippen MR) is 61.2 cm³/mol. The van der Waals surface area contributed by atoms with Gasteiger partial charge in [-0.25, -0.2) is 0 Å². The Labute approximate surface area is 98.9 Å². The minimum absolute atomic E-state index is 0.0507. The molecule has 3 heteroatoms. The van der Waals surface area contributed by atoms with Crippen molar-refractivity contribution in [1.29, 1.82) is 0 Å². The number of carbonyl (C=O) groups excluding carboxylic acids is 3. The highest BCUT2D eigenvalue weighted by atomic mass is 16.1. The van der Waals surface area contributed by atoms with Gasteiger partial charge in [0.2, 0.25) is 0 Å². The highest BCUT2D eigenvalue weighted by Gasteiger charge is 2.60. The molecule has 0 amide bonds. The second-order valence-electron chi connectivity index (χ2n) is 4.97. The molecule has 0 unspecified atom stereocenters. The van der Waals surface area contributed by atoms with E-state index in [1.807, 2.05) is 0 Å². The minimum Gasteiger partial charge on any atom is -0.295 e. The number of rotatable bonds is 0. The first-order chi connectivity index (χ1) is 8.11. The summed E-state index contributed by atoms with van der Waals surface area (Å²) in [6, 6.07) is 0. The van der Waals surface area contributed by atoms with Crippen LogP contribution in [0.1, 0.15) is 19.3 Å². The van der Waals surface area contributed by atoms with Gasteiger partial charge < -0.3 is 0 Å². The van der Waals surface area contributed by atoms with Crippen molar-refractivity contribution >= 4 is 17.3 Å². The highest BCUT2D eigenvalue weighted by molar-refractivity contribution is 6.12. The molecule has 3 rings (SSSR count). The molecule has 0 bridgehead atoms. The summed E-state index contributed by atoms with van der Waals surface area (Å²) in [6.07, 6.45) is 10.8. The van der Waals surface area contributed by atoms with E-state index in [0.29, 0.717) is 12.8 Å². The molecule has 3 aliphatic rings. The SMILES string of the molecule is O=C1C=C[C@]23CC=CC(=O)[C@@]2(CC=CC3=O)C1. The van der Waals surface area contributed by atoms with E-state index in [1.54, 1.807) is 24.3 Å². The third-order valence-corrected chi connectivity index (χ3v) is 4.24. The number of ketones is 3. The molecule has 0 aliphatic heterocycles. The molecule has 0 aromatic heterocycles. The molecule has 2 atom stereocenters. The second kappa shape index (κ2) is 3.13. The Morgan fingerprint density at radius 1 is 0.882 bits per heavy atom. The van der Waals surface area contributed by atoms with Crippen molar-refractivity contribution in [1.82, 2.24) is 0 Å². The predicted octanol–water partition coefficient (Wildman–Crippen LogP) is 1.55. The van der Waals surface area contributed by atoms with Crippen LogP contribution >= 0.6 is 0 Å². The molecule has 17 heavy (non-hydrogen) atoms. The molecule has 0 aromatic rings. The van der Waals surface area contributed by atoms with Crippen molar-refractivity contribution in [2.24, 2.45) is 10.8 Å². The Hall–Kier alpha value is -1.77. The monoisotopic (exact) mass is 228 g/mol. The average molecular weight is 228 g/mol. The molecule has 0 aromatic carbocycles. The summed E-state index contributed by atoms with van der Waals surface area (Å²) in [5.74, 6) is -0.197. The quantitative estimate of drug-likeness (QED) is 0.632. The van der Waals surface area contributed by atoms with Crippen molar-refractivity contribution in [2.75, 3.05) is 0 Å². The fourth-order valence-corrected chi connectivity index (χ4v) is 3.28. The first-order valence-corrected chi connectivity index (χ1v) is 5.75. The topological polar surface area (TPSA) is 51.2 Å². The molecule has 0 fully saturated rings. The van der Waals surface area contributed by atoms with Crippen molar-refractivity contribution < 1.29 is 14.4 Å². The second-order valence-corrected chi connectivity index (χ2v) is 4.97. The Balaban J connectivity index is 2.29. The normalized spacial score (nSPS) is 39.2. The van der Waals surface area contributed by atoms with Crippen LogP contribution < -0.4 is 0 Å². The maximum atomic E-state index is 12.2. The Bertz CT molecular complexity index is 524. The number of hydrogen-bond donors (Lipinski definition) is 0. The Morgan fingerprint density at radius 3 is 2.41 bits per heavy atom. The number of allylic oxidation sites excluding steroid dienone is 6. The van der Waals surface area contributed by atoms with Gasteiger partial charge in [-0.3, -0.25) is 14.4 Å². The molecule has 86 valence electrons. The molecule has 3 nitrogen and oxygen atoms in total. The van der Waals surface area contributed by atoms with E-state index in [1.165, 1.54) is 12.2 Å². The highest BCUT2D eigenvalue weighted by Crippen LogP contribution is 2.56. The van der Waals surface area contributed by atoms with Crippen molar-refractivity contribution in [2.45, 2.75) is 19.3 Å².